The standard InChI is InChI=1S/C17H27ClN2/c1-12(2)19-11-15-7-8-16(10-17(15)18)20-9-5-6-13(3)14(20)4/h7-8,10,12-14,19H,5-6,9,11H2,1-4H3. The van der Waals surface area contributed by atoms with Crippen LogP contribution in [0.4, 0.5) is 5.69 Å². The van der Waals surface area contributed by atoms with Gasteiger partial charge in [0.2, 0.25) is 0 Å². The van der Waals surface area contributed by atoms with Crippen LogP contribution >= 0.6 is 11.6 Å². The zero-order valence-corrected chi connectivity index (χ0v) is 13.9. The molecule has 1 heterocycles. The van der Waals surface area contributed by atoms with E-state index < -0.39 is 0 Å². The molecule has 0 saturated carbocycles. The second kappa shape index (κ2) is 6.82. The molecule has 112 valence electrons. The minimum Gasteiger partial charge on any atom is -0.369 e. The van der Waals surface area contributed by atoms with Gasteiger partial charge in [-0.25, -0.2) is 0 Å². The fourth-order valence-electron chi connectivity index (χ4n) is 2.87. The van der Waals surface area contributed by atoms with Crippen LogP contribution in [0.1, 0.15) is 46.1 Å². The van der Waals surface area contributed by atoms with Crippen LogP contribution in [-0.2, 0) is 6.54 Å². The molecular formula is C17H27ClN2. The van der Waals surface area contributed by atoms with Gasteiger partial charge in [-0.3, -0.25) is 0 Å². The Bertz CT molecular complexity index is 445. The van der Waals surface area contributed by atoms with E-state index in [0.29, 0.717) is 12.1 Å². The van der Waals surface area contributed by atoms with Gasteiger partial charge >= 0.3 is 0 Å². The van der Waals surface area contributed by atoms with Crippen molar-refractivity contribution in [3.63, 3.8) is 0 Å². The highest BCUT2D eigenvalue weighted by Gasteiger charge is 2.25. The van der Waals surface area contributed by atoms with Crippen molar-refractivity contribution in [2.24, 2.45) is 5.92 Å². The first-order chi connectivity index (χ1) is 9.49. The van der Waals surface area contributed by atoms with E-state index in [2.05, 4.69) is 56.1 Å². The van der Waals surface area contributed by atoms with E-state index in [1.54, 1.807) is 0 Å². The molecule has 1 saturated heterocycles. The van der Waals surface area contributed by atoms with Crippen molar-refractivity contribution in [1.29, 1.82) is 0 Å². The van der Waals surface area contributed by atoms with Crippen LogP contribution in [0.25, 0.3) is 0 Å². The quantitative estimate of drug-likeness (QED) is 0.882. The maximum absolute atomic E-state index is 6.45. The fraction of sp³-hybridized carbons (Fsp3) is 0.647. The van der Waals surface area contributed by atoms with Gasteiger partial charge in [-0.05, 0) is 43.4 Å². The highest BCUT2D eigenvalue weighted by Crippen LogP contribution is 2.31. The molecule has 1 aliphatic rings. The predicted octanol–water partition coefficient (Wildman–Crippen LogP) is 4.46. The van der Waals surface area contributed by atoms with E-state index in [0.717, 1.165) is 24.0 Å². The summed E-state index contributed by atoms with van der Waals surface area (Å²) in [7, 11) is 0. The van der Waals surface area contributed by atoms with Crippen LogP contribution in [0.15, 0.2) is 18.2 Å². The van der Waals surface area contributed by atoms with Gasteiger partial charge in [-0.2, -0.15) is 0 Å². The third kappa shape index (κ3) is 3.67. The Morgan fingerprint density at radius 3 is 2.75 bits per heavy atom. The molecule has 1 N–H and O–H groups in total. The predicted molar refractivity (Wildman–Crippen MR) is 88.6 cm³/mol. The van der Waals surface area contributed by atoms with Gasteiger partial charge in [-0.1, -0.05) is 38.4 Å². The van der Waals surface area contributed by atoms with Crippen molar-refractivity contribution in [2.45, 2.75) is 59.2 Å². The lowest BCUT2D eigenvalue weighted by molar-refractivity contribution is 0.363. The second-order valence-electron chi connectivity index (χ2n) is 6.36. The zero-order chi connectivity index (χ0) is 14.7. The average molecular weight is 295 g/mol. The number of benzene rings is 1. The molecule has 0 bridgehead atoms. The van der Waals surface area contributed by atoms with Crippen LogP contribution in [0.3, 0.4) is 0 Å². The lowest BCUT2D eigenvalue weighted by atomic mass is 9.91. The summed E-state index contributed by atoms with van der Waals surface area (Å²) in [4.78, 5) is 2.50. The topological polar surface area (TPSA) is 15.3 Å². The molecule has 2 nitrogen and oxygen atoms in total. The largest absolute Gasteiger partial charge is 0.369 e. The Morgan fingerprint density at radius 2 is 2.10 bits per heavy atom. The number of rotatable bonds is 4. The number of nitrogens with one attached hydrogen (secondary N) is 1. The summed E-state index contributed by atoms with van der Waals surface area (Å²) in [5.74, 6) is 0.754. The van der Waals surface area contributed by atoms with Crippen LogP contribution in [0, 0.1) is 5.92 Å². The molecule has 1 aromatic carbocycles. The summed E-state index contributed by atoms with van der Waals surface area (Å²) in [6.07, 6.45) is 2.61. The lowest BCUT2D eigenvalue weighted by Gasteiger charge is -2.39. The number of nitrogens with zero attached hydrogens (tertiary/aromatic N) is 1. The van der Waals surface area contributed by atoms with Crippen molar-refractivity contribution in [2.75, 3.05) is 11.4 Å². The molecule has 0 aliphatic carbocycles. The molecule has 0 aromatic heterocycles. The number of anilines is 1. The Balaban J connectivity index is 2.12. The second-order valence-corrected chi connectivity index (χ2v) is 6.77. The van der Waals surface area contributed by atoms with Crippen molar-refractivity contribution in [3.8, 4) is 0 Å². The van der Waals surface area contributed by atoms with E-state index in [1.807, 2.05) is 0 Å². The van der Waals surface area contributed by atoms with E-state index in [-0.39, 0.29) is 0 Å². The highest BCUT2D eigenvalue weighted by atomic mass is 35.5. The summed E-state index contributed by atoms with van der Waals surface area (Å²) >= 11 is 6.45. The Hall–Kier alpha value is -0.730. The average Bonchev–Trinajstić information content (AvgIpc) is 2.40. The van der Waals surface area contributed by atoms with Gasteiger partial charge in [0.25, 0.3) is 0 Å². The zero-order valence-electron chi connectivity index (χ0n) is 13.1. The lowest BCUT2D eigenvalue weighted by Crippen LogP contribution is -2.42. The molecule has 1 aromatic rings. The summed E-state index contributed by atoms with van der Waals surface area (Å²) in [6, 6.07) is 7.60. The first-order valence-electron chi connectivity index (χ1n) is 7.77. The van der Waals surface area contributed by atoms with Crippen molar-refractivity contribution >= 4 is 17.3 Å². The van der Waals surface area contributed by atoms with Gasteiger partial charge in [0.15, 0.2) is 0 Å². The highest BCUT2D eigenvalue weighted by molar-refractivity contribution is 6.31. The maximum Gasteiger partial charge on any atom is 0.0471 e. The number of hydrogen-bond acceptors (Lipinski definition) is 2. The van der Waals surface area contributed by atoms with Crippen molar-refractivity contribution in [3.05, 3.63) is 28.8 Å². The van der Waals surface area contributed by atoms with Gasteiger partial charge in [-0.15, -0.1) is 0 Å². The third-order valence-corrected chi connectivity index (χ3v) is 4.79. The van der Waals surface area contributed by atoms with Gasteiger partial charge in [0.1, 0.15) is 0 Å². The molecular weight excluding hydrogens is 268 g/mol. The minimum atomic E-state index is 0.480. The van der Waals surface area contributed by atoms with Gasteiger partial charge in [0.05, 0.1) is 0 Å². The summed E-state index contributed by atoms with van der Waals surface area (Å²) in [6.45, 7) is 11.0. The van der Waals surface area contributed by atoms with Crippen LogP contribution in [0.2, 0.25) is 5.02 Å². The molecule has 0 amide bonds. The van der Waals surface area contributed by atoms with E-state index in [9.17, 15) is 0 Å². The summed E-state index contributed by atoms with van der Waals surface area (Å²) in [5.41, 5.74) is 2.45. The van der Waals surface area contributed by atoms with E-state index in [1.165, 1.54) is 24.1 Å². The van der Waals surface area contributed by atoms with Crippen LogP contribution in [-0.4, -0.2) is 18.6 Å². The smallest absolute Gasteiger partial charge is 0.0471 e. The minimum absolute atomic E-state index is 0.480. The molecule has 20 heavy (non-hydrogen) atoms. The SMILES string of the molecule is CC(C)NCc1ccc(N2CCCC(C)C2C)cc1Cl. The van der Waals surface area contributed by atoms with Gasteiger partial charge < -0.3 is 10.2 Å². The molecule has 1 aliphatic heterocycles. The Morgan fingerprint density at radius 1 is 1.35 bits per heavy atom. The first kappa shape index (κ1) is 15.7. The first-order valence-corrected chi connectivity index (χ1v) is 8.15. The maximum atomic E-state index is 6.45. The summed E-state index contributed by atoms with van der Waals surface area (Å²) in [5, 5.41) is 4.30. The monoisotopic (exact) mass is 294 g/mol. The Labute approximate surface area is 128 Å². The molecule has 0 spiro atoms. The van der Waals surface area contributed by atoms with Crippen LogP contribution < -0.4 is 10.2 Å². The normalized spacial score (nSPS) is 23.4. The summed E-state index contributed by atoms with van der Waals surface area (Å²) < 4.78 is 0. The van der Waals surface area contributed by atoms with Crippen molar-refractivity contribution in [1.82, 2.24) is 5.32 Å². The molecule has 2 atom stereocenters. The van der Waals surface area contributed by atoms with E-state index >= 15 is 0 Å². The Kier molecular flexibility index (Phi) is 5.34. The number of piperidine rings is 1. The third-order valence-electron chi connectivity index (χ3n) is 4.44. The van der Waals surface area contributed by atoms with Crippen molar-refractivity contribution < 1.29 is 0 Å². The molecule has 2 unspecified atom stereocenters. The molecule has 1 fully saturated rings. The number of hydrogen-bond donors (Lipinski definition) is 1. The molecule has 3 heteroatoms. The van der Waals surface area contributed by atoms with Gasteiger partial charge in [0, 0.05) is 35.9 Å². The molecule has 2 rings (SSSR count). The fourth-order valence-corrected chi connectivity index (χ4v) is 3.11. The van der Waals surface area contributed by atoms with Crippen LogP contribution in [0.5, 0.6) is 0 Å². The molecule has 0 radical (unpaired) electrons. The number of halogens is 1. The van der Waals surface area contributed by atoms with E-state index in [4.69, 9.17) is 11.6 Å².